The second-order valence-corrected chi connectivity index (χ2v) is 9.06. The fourth-order valence-electron chi connectivity index (χ4n) is 3.39. The molecule has 1 unspecified atom stereocenters. The van der Waals surface area contributed by atoms with Crippen LogP contribution in [0.25, 0.3) is 0 Å². The van der Waals surface area contributed by atoms with Gasteiger partial charge in [-0.15, -0.1) is 0 Å². The maximum Gasteiger partial charge on any atom is 0.244 e. The van der Waals surface area contributed by atoms with Gasteiger partial charge in [0.25, 0.3) is 0 Å². The summed E-state index contributed by atoms with van der Waals surface area (Å²) in [5.41, 5.74) is 7.21. The monoisotopic (exact) mass is 455 g/mol. The number of carbonyl (C=O) groups excluding carboxylic acids is 2. The average Bonchev–Trinajstić information content (AvgIpc) is 2.66. The van der Waals surface area contributed by atoms with Crippen molar-refractivity contribution in [1.29, 1.82) is 0 Å². The Balaban J connectivity index is 1.70. The summed E-state index contributed by atoms with van der Waals surface area (Å²) in [4.78, 5) is 25.9. The maximum absolute atomic E-state index is 12.7. The molecule has 1 heterocycles. The Bertz CT molecular complexity index is 1040. The molecule has 0 spiro atoms. The van der Waals surface area contributed by atoms with Gasteiger partial charge in [-0.25, -0.2) is 13.1 Å². The number of nitrogens with two attached hydrogens (primary N) is 1. The first kappa shape index (κ1) is 21.6. The highest BCUT2D eigenvalue weighted by atomic mass is 35.5. The Hall–Kier alpha value is -2.13. The zero-order chi connectivity index (χ0) is 21.2. The van der Waals surface area contributed by atoms with Crippen molar-refractivity contribution in [3.63, 3.8) is 0 Å². The van der Waals surface area contributed by atoms with Crippen molar-refractivity contribution in [1.82, 2.24) is 9.62 Å². The molecule has 0 radical (unpaired) electrons. The van der Waals surface area contributed by atoms with Crippen LogP contribution in [0.4, 0.5) is 0 Å². The molecule has 7 nitrogen and oxygen atoms in total. The van der Waals surface area contributed by atoms with Crippen LogP contribution in [0.2, 0.25) is 10.0 Å². The molecule has 0 bridgehead atoms. The summed E-state index contributed by atoms with van der Waals surface area (Å²) in [6.45, 7) is 0.152. The summed E-state index contributed by atoms with van der Waals surface area (Å²) in [7, 11) is -4.00. The Kier molecular flexibility index (Phi) is 6.48. The zero-order valence-electron chi connectivity index (χ0n) is 15.3. The molecule has 29 heavy (non-hydrogen) atoms. The van der Waals surface area contributed by atoms with E-state index in [9.17, 15) is 18.0 Å². The number of amides is 2. The van der Waals surface area contributed by atoms with Crippen LogP contribution < -0.4 is 10.5 Å². The zero-order valence-corrected chi connectivity index (χ0v) is 17.6. The highest BCUT2D eigenvalue weighted by molar-refractivity contribution is 7.89. The predicted molar refractivity (Wildman–Crippen MR) is 110 cm³/mol. The van der Waals surface area contributed by atoms with E-state index in [0.29, 0.717) is 18.5 Å². The van der Waals surface area contributed by atoms with E-state index < -0.39 is 22.0 Å². The van der Waals surface area contributed by atoms with Crippen molar-refractivity contribution >= 4 is 45.0 Å². The van der Waals surface area contributed by atoms with Crippen LogP contribution in [0.15, 0.2) is 47.4 Å². The van der Waals surface area contributed by atoms with Crippen molar-refractivity contribution in [3.8, 4) is 0 Å². The van der Waals surface area contributed by atoms with E-state index in [4.69, 9.17) is 28.9 Å². The van der Waals surface area contributed by atoms with Crippen molar-refractivity contribution < 1.29 is 18.0 Å². The summed E-state index contributed by atoms with van der Waals surface area (Å²) in [5.74, 6) is -1.01. The van der Waals surface area contributed by atoms with Gasteiger partial charge in [0.1, 0.15) is 10.9 Å². The number of primary amides is 1. The molecule has 2 aromatic carbocycles. The van der Waals surface area contributed by atoms with Gasteiger partial charge in [0, 0.05) is 19.5 Å². The molecule has 154 valence electrons. The van der Waals surface area contributed by atoms with Gasteiger partial charge in [-0.05, 0) is 29.7 Å². The highest BCUT2D eigenvalue weighted by Gasteiger charge is 2.34. The molecule has 0 aromatic heterocycles. The summed E-state index contributed by atoms with van der Waals surface area (Å²) in [6.07, 6.45) is 0.444. The third-order valence-corrected chi connectivity index (χ3v) is 7.11. The molecule has 10 heteroatoms. The number of nitrogens with zero attached hydrogens (tertiary/aromatic N) is 1. The Morgan fingerprint density at radius 3 is 2.41 bits per heavy atom. The van der Waals surface area contributed by atoms with Crippen molar-refractivity contribution in [3.05, 3.63) is 63.6 Å². The van der Waals surface area contributed by atoms with Gasteiger partial charge in [-0.3, -0.25) is 9.59 Å². The van der Waals surface area contributed by atoms with Crippen molar-refractivity contribution in [2.24, 2.45) is 5.73 Å². The van der Waals surface area contributed by atoms with Crippen LogP contribution >= 0.6 is 23.2 Å². The van der Waals surface area contributed by atoms with Crippen LogP contribution in [0, 0.1) is 0 Å². The Morgan fingerprint density at radius 2 is 1.76 bits per heavy atom. The number of halogens is 2. The van der Waals surface area contributed by atoms with E-state index in [1.54, 1.807) is 12.1 Å². The first-order valence-corrected chi connectivity index (χ1v) is 11.1. The third kappa shape index (κ3) is 4.56. The van der Waals surface area contributed by atoms with Gasteiger partial charge in [0.2, 0.25) is 21.8 Å². The first-order chi connectivity index (χ1) is 13.7. The lowest BCUT2D eigenvalue weighted by Gasteiger charge is -2.35. The summed E-state index contributed by atoms with van der Waals surface area (Å²) >= 11 is 11.9. The Morgan fingerprint density at radius 1 is 1.10 bits per heavy atom. The smallest absolute Gasteiger partial charge is 0.244 e. The van der Waals surface area contributed by atoms with E-state index in [2.05, 4.69) is 4.72 Å². The third-order valence-electron chi connectivity index (χ3n) is 4.69. The van der Waals surface area contributed by atoms with Crippen LogP contribution in [0.5, 0.6) is 0 Å². The van der Waals surface area contributed by atoms with Crippen LogP contribution in [0.3, 0.4) is 0 Å². The van der Waals surface area contributed by atoms with Gasteiger partial charge in [-0.2, -0.15) is 0 Å². The van der Waals surface area contributed by atoms with E-state index in [1.807, 2.05) is 12.1 Å². The molecule has 0 aliphatic carbocycles. The number of hydrogen-bond acceptors (Lipinski definition) is 4. The van der Waals surface area contributed by atoms with Crippen LogP contribution in [-0.4, -0.2) is 38.2 Å². The SMILES string of the molecule is NC(=O)C1c2ccccc2CCN1C(=O)CCNS(=O)(=O)c1c(Cl)cccc1Cl. The molecule has 1 aliphatic rings. The van der Waals surface area contributed by atoms with Crippen molar-refractivity contribution in [2.45, 2.75) is 23.8 Å². The lowest BCUT2D eigenvalue weighted by Crippen LogP contribution is -2.46. The minimum absolute atomic E-state index is 0.0160. The topological polar surface area (TPSA) is 110 Å². The first-order valence-electron chi connectivity index (χ1n) is 8.82. The molecule has 0 saturated heterocycles. The van der Waals surface area contributed by atoms with Gasteiger partial charge < -0.3 is 10.6 Å². The van der Waals surface area contributed by atoms with E-state index >= 15 is 0 Å². The molecule has 0 fully saturated rings. The minimum Gasteiger partial charge on any atom is -0.368 e. The lowest BCUT2D eigenvalue weighted by molar-refractivity contribution is -0.140. The van der Waals surface area contributed by atoms with Gasteiger partial charge >= 0.3 is 0 Å². The van der Waals surface area contributed by atoms with Crippen LogP contribution in [0.1, 0.15) is 23.6 Å². The lowest BCUT2D eigenvalue weighted by atomic mass is 9.92. The Labute approximate surface area is 178 Å². The van der Waals surface area contributed by atoms with Gasteiger partial charge in [-0.1, -0.05) is 53.5 Å². The molecule has 3 rings (SSSR count). The number of hydrogen-bond donors (Lipinski definition) is 2. The second kappa shape index (κ2) is 8.71. The molecule has 1 atom stereocenters. The van der Waals surface area contributed by atoms with E-state index in [0.717, 1.165) is 5.56 Å². The molecule has 1 aliphatic heterocycles. The number of rotatable bonds is 6. The van der Waals surface area contributed by atoms with E-state index in [-0.39, 0.29) is 33.8 Å². The van der Waals surface area contributed by atoms with Gasteiger partial charge in [0.05, 0.1) is 10.0 Å². The molecule has 0 saturated carbocycles. The van der Waals surface area contributed by atoms with E-state index in [1.165, 1.54) is 23.1 Å². The summed E-state index contributed by atoms with van der Waals surface area (Å²) < 4.78 is 27.3. The average molecular weight is 456 g/mol. The number of fused-ring (bicyclic) bond motifs is 1. The second-order valence-electron chi connectivity index (χ2n) is 6.54. The molecular formula is C19H19Cl2N3O4S. The summed E-state index contributed by atoms with van der Waals surface area (Å²) in [5, 5.41) is -0.0319. The largest absolute Gasteiger partial charge is 0.368 e. The maximum atomic E-state index is 12.7. The molecular weight excluding hydrogens is 437 g/mol. The number of benzene rings is 2. The van der Waals surface area contributed by atoms with Gasteiger partial charge in [0.15, 0.2) is 0 Å². The fraction of sp³-hybridized carbons (Fsp3) is 0.263. The number of sulfonamides is 1. The predicted octanol–water partition coefficient (Wildman–Crippen LogP) is 2.27. The van der Waals surface area contributed by atoms with Crippen molar-refractivity contribution in [2.75, 3.05) is 13.1 Å². The number of nitrogens with one attached hydrogen (secondary N) is 1. The highest BCUT2D eigenvalue weighted by Crippen LogP contribution is 2.30. The molecule has 2 aromatic rings. The number of carbonyl (C=O) groups is 2. The fourth-order valence-corrected chi connectivity index (χ4v) is 5.56. The standard InChI is InChI=1S/C19H19Cl2N3O4S/c20-14-6-3-7-15(21)18(14)29(27,28)23-10-8-16(25)24-11-9-12-4-1-2-5-13(12)17(24)19(22)26/h1-7,17,23H,8-11H2,(H2,22,26). The summed E-state index contributed by atoms with van der Waals surface area (Å²) in [6, 6.07) is 10.8. The van der Waals surface area contributed by atoms with Crippen LogP contribution in [-0.2, 0) is 26.0 Å². The quantitative estimate of drug-likeness (QED) is 0.695. The minimum atomic E-state index is -4.00. The molecule has 2 amide bonds. The normalized spacial score (nSPS) is 16.3. The molecule has 3 N–H and O–H groups in total.